The number of alkyl halides is 3. The molecule has 2 aromatic rings. The lowest BCUT2D eigenvalue weighted by Gasteiger charge is -2.47. The molecular formula is C22H21F3N2O. The average molecular weight is 386 g/mol. The van der Waals surface area contributed by atoms with E-state index in [1.807, 2.05) is 44.2 Å². The van der Waals surface area contributed by atoms with Crippen LogP contribution in [-0.2, 0) is 10.3 Å². The summed E-state index contributed by atoms with van der Waals surface area (Å²) in [5, 5.41) is 0. The molecule has 1 amide bonds. The van der Waals surface area contributed by atoms with Crippen molar-refractivity contribution in [3.63, 3.8) is 0 Å². The second-order valence-corrected chi connectivity index (χ2v) is 7.95. The van der Waals surface area contributed by atoms with Crippen molar-refractivity contribution in [2.45, 2.75) is 44.9 Å². The summed E-state index contributed by atoms with van der Waals surface area (Å²) in [4.78, 5) is 19.6. The second kappa shape index (κ2) is 5.93. The van der Waals surface area contributed by atoms with Crippen molar-refractivity contribution in [1.82, 2.24) is 0 Å². The van der Waals surface area contributed by atoms with E-state index in [2.05, 4.69) is 4.99 Å². The van der Waals surface area contributed by atoms with Gasteiger partial charge < -0.3 is 4.90 Å². The molecular weight excluding hydrogens is 365 g/mol. The van der Waals surface area contributed by atoms with E-state index in [0.29, 0.717) is 17.0 Å². The van der Waals surface area contributed by atoms with Crippen LogP contribution in [0.3, 0.4) is 0 Å². The van der Waals surface area contributed by atoms with Gasteiger partial charge in [0.1, 0.15) is 5.54 Å². The van der Waals surface area contributed by atoms with E-state index >= 15 is 0 Å². The fourth-order valence-corrected chi connectivity index (χ4v) is 4.52. The first-order valence-corrected chi connectivity index (χ1v) is 9.27. The van der Waals surface area contributed by atoms with Crippen molar-refractivity contribution in [2.75, 3.05) is 4.90 Å². The van der Waals surface area contributed by atoms with Crippen molar-refractivity contribution < 1.29 is 18.0 Å². The summed E-state index contributed by atoms with van der Waals surface area (Å²) in [7, 11) is 0. The van der Waals surface area contributed by atoms with Crippen LogP contribution in [0.25, 0.3) is 0 Å². The number of hydrogen-bond acceptors (Lipinski definition) is 2. The fraction of sp³-hybridized carbons (Fsp3) is 0.364. The SMILES string of the molecule is CC(C)N1C(=O)C(C)(CC(F)(F)F)C2(N=C2c2ccccc2)c2ccccc21. The Bertz CT molecular complexity index is 967. The Morgan fingerprint density at radius 3 is 2.25 bits per heavy atom. The molecule has 0 saturated carbocycles. The lowest BCUT2D eigenvalue weighted by Crippen LogP contribution is -2.59. The highest BCUT2D eigenvalue weighted by Crippen LogP contribution is 2.63. The highest BCUT2D eigenvalue weighted by molar-refractivity contribution is 6.23. The topological polar surface area (TPSA) is 32.7 Å². The van der Waals surface area contributed by atoms with Gasteiger partial charge in [0, 0.05) is 11.6 Å². The van der Waals surface area contributed by atoms with Crippen LogP contribution in [0.4, 0.5) is 18.9 Å². The molecule has 0 N–H and O–H groups in total. The number of carbonyl (C=O) groups excluding carboxylic acids is 1. The van der Waals surface area contributed by atoms with Crippen LogP contribution in [0.1, 0.15) is 38.3 Å². The van der Waals surface area contributed by atoms with Crippen molar-refractivity contribution in [3.8, 4) is 0 Å². The number of anilines is 1. The molecule has 1 spiro atoms. The van der Waals surface area contributed by atoms with Gasteiger partial charge in [-0.05, 0) is 32.4 Å². The Morgan fingerprint density at radius 2 is 1.64 bits per heavy atom. The second-order valence-electron chi connectivity index (χ2n) is 7.95. The maximum absolute atomic E-state index is 13.6. The van der Waals surface area contributed by atoms with Gasteiger partial charge in [0.2, 0.25) is 5.91 Å². The molecule has 146 valence electrons. The molecule has 4 rings (SSSR count). The van der Waals surface area contributed by atoms with Gasteiger partial charge >= 0.3 is 6.18 Å². The molecule has 0 aromatic heterocycles. The minimum atomic E-state index is -4.49. The van der Waals surface area contributed by atoms with Crippen molar-refractivity contribution >= 4 is 17.3 Å². The number of para-hydroxylation sites is 1. The zero-order valence-electron chi connectivity index (χ0n) is 15.9. The minimum absolute atomic E-state index is 0.266. The van der Waals surface area contributed by atoms with Gasteiger partial charge in [-0.2, -0.15) is 13.2 Å². The molecule has 2 unspecified atom stereocenters. The standard InChI is InChI=1S/C22H21F3N2O/c1-14(2)27-17-12-8-7-11-16(17)22(18(26-22)15-9-5-4-6-10-15)20(3,19(27)28)13-21(23,24)25/h4-12,14H,13H2,1-3H3. The first-order chi connectivity index (χ1) is 13.1. The first-order valence-electron chi connectivity index (χ1n) is 9.27. The van der Waals surface area contributed by atoms with Crippen LogP contribution in [0, 0.1) is 5.41 Å². The Labute approximate surface area is 161 Å². The third-order valence-electron chi connectivity index (χ3n) is 5.73. The molecule has 3 nitrogen and oxygen atoms in total. The monoisotopic (exact) mass is 386 g/mol. The smallest absolute Gasteiger partial charge is 0.309 e. The number of fused-ring (bicyclic) bond motifs is 2. The van der Waals surface area contributed by atoms with Gasteiger partial charge in [0.15, 0.2) is 0 Å². The predicted molar refractivity (Wildman–Crippen MR) is 103 cm³/mol. The van der Waals surface area contributed by atoms with Crippen LogP contribution < -0.4 is 4.90 Å². The quantitative estimate of drug-likeness (QED) is 0.722. The van der Waals surface area contributed by atoms with Crippen LogP contribution in [0.5, 0.6) is 0 Å². The summed E-state index contributed by atoms with van der Waals surface area (Å²) in [5.74, 6) is -0.534. The molecule has 2 atom stereocenters. The van der Waals surface area contributed by atoms with Gasteiger partial charge in [-0.25, -0.2) is 0 Å². The zero-order chi connectivity index (χ0) is 20.3. The van der Waals surface area contributed by atoms with E-state index in [0.717, 1.165) is 5.56 Å². The number of amides is 1. The molecule has 2 heterocycles. The Hall–Kier alpha value is -2.63. The molecule has 0 bridgehead atoms. The number of carbonyl (C=O) groups is 1. The number of aliphatic imine (C=N–C) groups is 1. The van der Waals surface area contributed by atoms with Gasteiger partial charge in [0.05, 0.1) is 23.2 Å². The maximum Gasteiger partial charge on any atom is 0.390 e. The summed E-state index contributed by atoms with van der Waals surface area (Å²) < 4.78 is 40.9. The summed E-state index contributed by atoms with van der Waals surface area (Å²) >= 11 is 0. The van der Waals surface area contributed by atoms with Crippen molar-refractivity contribution in [1.29, 1.82) is 0 Å². The summed E-state index contributed by atoms with van der Waals surface area (Å²) in [5.41, 5.74) is -0.441. The molecule has 28 heavy (non-hydrogen) atoms. The maximum atomic E-state index is 13.6. The molecule has 0 saturated heterocycles. The summed E-state index contributed by atoms with van der Waals surface area (Å²) in [6.07, 6.45) is -5.72. The fourth-order valence-electron chi connectivity index (χ4n) is 4.52. The van der Waals surface area contributed by atoms with E-state index < -0.39 is 29.5 Å². The van der Waals surface area contributed by atoms with Gasteiger partial charge in [0.25, 0.3) is 0 Å². The van der Waals surface area contributed by atoms with E-state index in [-0.39, 0.29) is 6.04 Å². The molecule has 2 aliphatic rings. The first kappa shape index (κ1) is 18.7. The van der Waals surface area contributed by atoms with Crippen molar-refractivity contribution in [2.24, 2.45) is 10.4 Å². The average Bonchev–Trinajstić information content (AvgIpc) is 3.37. The van der Waals surface area contributed by atoms with E-state index in [4.69, 9.17) is 0 Å². The number of hydrogen-bond donors (Lipinski definition) is 0. The number of halogens is 3. The van der Waals surface area contributed by atoms with Crippen LogP contribution in [-0.4, -0.2) is 23.8 Å². The lowest BCUT2D eigenvalue weighted by molar-refractivity contribution is -0.170. The Balaban J connectivity index is 1.95. The number of rotatable bonds is 3. The van der Waals surface area contributed by atoms with Crippen LogP contribution in [0.2, 0.25) is 0 Å². The normalized spacial score (nSPS) is 26.5. The highest BCUT2D eigenvalue weighted by atomic mass is 19.4. The molecule has 2 aliphatic heterocycles. The molecule has 0 fully saturated rings. The Morgan fingerprint density at radius 1 is 1.04 bits per heavy atom. The Kier molecular flexibility index (Phi) is 3.97. The van der Waals surface area contributed by atoms with Gasteiger partial charge in [-0.15, -0.1) is 0 Å². The van der Waals surface area contributed by atoms with Crippen molar-refractivity contribution in [3.05, 3.63) is 65.7 Å². The third kappa shape index (κ3) is 2.50. The van der Waals surface area contributed by atoms with Crippen LogP contribution in [0.15, 0.2) is 59.6 Å². The predicted octanol–water partition coefficient (Wildman–Crippen LogP) is 5.10. The molecule has 0 radical (unpaired) electrons. The third-order valence-corrected chi connectivity index (χ3v) is 5.73. The molecule has 6 heteroatoms. The van der Waals surface area contributed by atoms with E-state index in [1.165, 1.54) is 11.8 Å². The lowest BCUT2D eigenvalue weighted by atomic mass is 9.63. The zero-order valence-corrected chi connectivity index (χ0v) is 15.9. The number of benzene rings is 2. The highest BCUT2D eigenvalue weighted by Gasteiger charge is 2.71. The van der Waals surface area contributed by atoms with E-state index in [1.54, 1.807) is 24.3 Å². The number of nitrogens with zero attached hydrogens (tertiary/aromatic N) is 2. The van der Waals surface area contributed by atoms with Crippen LogP contribution >= 0.6 is 0 Å². The molecule has 0 aliphatic carbocycles. The molecule has 2 aromatic carbocycles. The van der Waals surface area contributed by atoms with Gasteiger partial charge in [-0.1, -0.05) is 48.5 Å². The largest absolute Gasteiger partial charge is 0.390 e. The van der Waals surface area contributed by atoms with E-state index in [9.17, 15) is 18.0 Å². The van der Waals surface area contributed by atoms with Gasteiger partial charge in [-0.3, -0.25) is 9.79 Å². The summed E-state index contributed by atoms with van der Waals surface area (Å²) in [6, 6.07) is 16.0. The summed E-state index contributed by atoms with van der Waals surface area (Å²) in [6.45, 7) is 5.03. The minimum Gasteiger partial charge on any atom is -0.309 e.